The average molecular weight is 361 g/mol. The SMILES string of the molecule is CCN(C(=O)c1cc(N(C)CCc2ccncc2)ncn1)c1ccccc1. The van der Waals surface area contributed by atoms with Crippen LogP contribution in [-0.2, 0) is 6.42 Å². The Morgan fingerprint density at radius 2 is 1.78 bits per heavy atom. The molecule has 138 valence electrons. The Kier molecular flexibility index (Phi) is 6.10. The first-order chi connectivity index (χ1) is 13.2. The predicted molar refractivity (Wildman–Crippen MR) is 107 cm³/mol. The van der Waals surface area contributed by atoms with Gasteiger partial charge in [-0.1, -0.05) is 18.2 Å². The lowest BCUT2D eigenvalue weighted by atomic mass is 10.2. The van der Waals surface area contributed by atoms with E-state index in [1.54, 1.807) is 23.4 Å². The molecule has 0 aliphatic rings. The van der Waals surface area contributed by atoms with E-state index >= 15 is 0 Å². The van der Waals surface area contributed by atoms with Crippen molar-refractivity contribution < 1.29 is 4.79 Å². The molecule has 0 saturated carbocycles. The number of amides is 1. The number of hydrogen-bond acceptors (Lipinski definition) is 5. The van der Waals surface area contributed by atoms with Crippen LogP contribution in [0, 0.1) is 0 Å². The highest BCUT2D eigenvalue weighted by molar-refractivity contribution is 6.05. The fourth-order valence-electron chi connectivity index (χ4n) is 2.82. The fourth-order valence-corrected chi connectivity index (χ4v) is 2.82. The molecule has 1 amide bonds. The summed E-state index contributed by atoms with van der Waals surface area (Å²) in [6.45, 7) is 3.30. The van der Waals surface area contributed by atoms with Crippen LogP contribution in [0.25, 0.3) is 0 Å². The Balaban J connectivity index is 1.73. The van der Waals surface area contributed by atoms with E-state index in [1.165, 1.54) is 11.9 Å². The van der Waals surface area contributed by atoms with Gasteiger partial charge in [-0.15, -0.1) is 0 Å². The zero-order chi connectivity index (χ0) is 19.1. The molecular formula is C21H23N5O. The van der Waals surface area contributed by atoms with Gasteiger partial charge in [0.05, 0.1) is 0 Å². The maximum atomic E-state index is 12.9. The molecule has 2 heterocycles. The lowest BCUT2D eigenvalue weighted by Crippen LogP contribution is -2.31. The van der Waals surface area contributed by atoms with Crippen molar-refractivity contribution in [2.75, 3.05) is 29.9 Å². The van der Waals surface area contributed by atoms with Gasteiger partial charge in [0.1, 0.15) is 17.8 Å². The van der Waals surface area contributed by atoms with E-state index in [-0.39, 0.29) is 5.91 Å². The van der Waals surface area contributed by atoms with Crippen LogP contribution in [0.3, 0.4) is 0 Å². The quantitative estimate of drug-likeness (QED) is 0.647. The maximum absolute atomic E-state index is 12.9. The van der Waals surface area contributed by atoms with E-state index < -0.39 is 0 Å². The number of hydrogen-bond donors (Lipinski definition) is 0. The molecule has 6 heteroatoms. The van der Waals surface area contributed by atoms with Crippen molar-refractivity contribution in [3.05, 3.63) is 78.5 Å². The second-order valence-corrected chi connectivity index (χ2v) is 6.17. The predicted octanol–water partition coefficient (Wildman–Crippen LogP) is 3.22. The molecule has 0 fully saturated rings. The number of anilines is 2. The molecule has 27 heavy (non-hydrogen) atoms. The summed E-state index contributed by atoms with van der Waals surface area (Å²) in [4.78, 5) is 29.2. The summed E-state index contributed by atoms with van der Waals surface area (Å²) in [5.41, 5.74) is 2.46. The van der Waals surface area contributed by atoms with Gasteiger partial charge in [-0.2, -0.15) is 0 Å². The molecule has 0 saturated heterocycles. The number of aromatic nitrogens is 3. The summed E-state index contributed by atoms with van der Waals surface area (Å²) < 4.78 is 0. The third-order valence-electron chi connectivity index (χ3n) is 4.38. The smallest absolute Gasteiger partial charge is 0.277 e. The summed E-state index contributed by atoms with van der Waals surface area (Å²) in [5.74, 6) is 0.599. The third-order valence-corrected chi connectivity index (χ3v) is 4.38. The van der Waals surface area contributed by atoms with Crippen LogP contribution in [0.15, 0.2) is 67.3 Å². The van der Waals surface area contributed by atoms with Crippen LogP contribution in [0.5, 0.6) is 0 Å². The largest absolute Gasteiger partial charge is 0.359 e. The van der Waals surface area contributed by atoms with Crippen LogP contribution >= 0.6 is 0 Å². The standard InChI is InChI=1S/C21H23N5O/c1-3-26(18-7-5-4-6-8-18)21(27)19-15-20(24-16-23-19)25(2)14-11-17-9-12-22-13-10-17/h4-10,12-13,15-16H,3,11,14H2,1-2H3. The molecule has 0 unspecified atom stereocenters. The maximum Gasteiger partial charge on any atom is 0.277 e. The molecule has 0 spiro atoms. The normalized spacial score (nSPS) is 10.4. The van der Waals surface area contributed by atoms with E-state index in [9.17, 15) is 4.79 Å². The van der Waals surface area contributed by atoms with Crippen molar-refractivity contribution in [2.24, 2.45) is 0 Å². The lowest BCUT2D eigenvalue weighted by Gasteiger charge is -2.22. The van der Waals surface area contributed by atoms with Gasteiger partial charge in [0, 0.05) is 44.3 Å². The molecule has 6 nitrogen and oxygen atoms in total. The molecule has 0 atom stereocenters. The van der Waals surface area contributed by atoms with Crippen LogP contribution in [0.2, 0.25) is 0 Å². The minimum Gasteiger partial charge on any atom is -0.359 e. The summed E-state index contributed by atoms with van der Waals surface area (Å²) in [7, 11) is 1.96. The van der Waals surface area contributed by atoms with Gasteiger partial charge in [0.25, 0.3) is 5.91 Å². The molecule has 1 aromatic carbocycles. The molecule has 0 N–H and O–H groups in total. The molecule has 3 aromatic rings. The molecule has 0 aliphatic heterocycles. The fraction of sp³-hybridized carbons (Fsp3) is 0.238. The highest BCUT2D eigenvalue weighted by Crippen LogP contribution is 2.17. The van der Waals surface area contributed by atoms with E-state index in [0.717, 1.165) is 24.5 Å². The van der Waals surface area contributed by atoms with Crippen molar-refractivity contribution in [1.82, 2.24) is 15.0 Å². The first kappa shape index (κ1) is 18.5. The lowest BCUT2D eigenvalue weighted by molar-refractivity contribution is 0.0983. The van der Waals surface area contributed by atoms with Crippen molar-refractivity contribution in [3.8, 4) is 0 Å². The van der Waals surface area contributed by atoms with Crippen LogP contribution in [-0.4, -0.2) is 41.0 Å². The number of carbonyl (C=O) groups excluding carboxylic acids is 1. The Bertz CT molecular complexity index is 870. The minimum atomic E-state index is -0.130. The van der Waals surface area contributed by atoms with Gasteiger partial charge in [0.2, 0.25) is 0 Å². The number of benzene rings is 1. The second kappa shape index (κ2) is 8.89. The van der Waals surface area contributed by atoms with Gasteiger partial charge >= 0.3 is 0 Å². The summed E-state index contributed by atoms with van der Waals surface area (Å²) in [6.07, 6.45) is 5.90. The number of para-hydroxylation sites is 1. The Morgan fingerprint density at radius 1 is 1.04 bits per heavy atom. The number of pyridine rings is 1. The van der Waals surface area contributed by atoms with Crippen molar-refractivity contribution in [3.63, 3.8) is 0 Å². The van der Waals surface area contributed by atoms with E-state index in [1.807, 2.05) is 61.3 Å². The first-order valence-electron chi connectivity index (χ1n) is 8.98. The Hall–Kier alpha value is -3.28. The molecule has 0 bridgehead atoms. The average Bonchev–Trinajstić information content (AvgIpc) is 2.74. The molecule has 0 aliphatic carbocycles. The van der Waals surface area contributed by atoms with Crippen LogP contribution in [0.4, 0.5) is 11.5 Å². The van der Waals surface area contributed by atoms with Crippen LogP contribution < -0.4 is 9.80 Å². The highest BCUT2D eigenvalue weighted by Gasteiger charge is 2.18. The molecule has 0 radical (unpaired) electrons. The van der Waals surface area contributed by atoms with Gasteiger partial charge in [-0.3, -0.25) is 9.78 Å². The van der Waals surface area contributed by atoms with E-state index in [0.29, 0.717) is 12.2 Å². The molecular weight excluding hydrogens is 338 g/mol. The number of nitrogens with zero attached hydrogens (tertiary/aromatic N) is 5. The third kappa shape index (κ3) is 4.67. The van der Waals surface area contributed by atoms with Crippen molar-refractivity contribution in [1.29, 1.82) is 0 Å². The number of carbonyl (C=O) groups is 1. The van der Waals surface area contributed by atoms with E-state index in [2.05, 4.69) is 15.0 Å². The van der Waals surface area contributed by atoms with Crippen LogP contribution in [0.1, 0.15) is 23.0 Å². The van der Waals surface area contributed by atoms with Crippen molar-refractivity contribution in [2.45, 2.75) is 13.3 Å². The second-order valence-electron chi connectivity index (χ2n) is 6.17. The zero-order valence-electron chi connectivity index (χ0n) is 15.6. The Morgan fingerprint density at radius 3 is 2.48 bits per heavy atom. The highest BCUT2D eigenvalue weighted by atomic mass is 16.2. The van der Waals surface area contributed by atoms with Crippen molar-refractivity contribution >= 4 is 17.4 Å². The monoisotopic (exact) mass is 361 g/mol. The topological polar surface area (TPSA) is 62.2 Å². The van der Waals surface area contributed by atoms with E-state index in [4.69, 9.17) is 0 Å². The first-order valence-corrected chi connectivity index (χ1v) is 8.98. The summed E-state index contributed by atoms with van der Waals surface area (Å²) in [5, 5.41) is 0. The van der Waals surface area contributed by atoms with Gasteiger partial charge in [-0.05, 0) is 43.2 Å². The summed E-state index contributed by atoms with van der Waals surface area (Å²) >= 11 is 0. The Labute approximate surface area is 159 Å². The van der Waals surface area contributed by atoms with Gasteiger partial charge in [0.15, 0.2) is 0 Å². The number of likely N-dealkylation sites (N-methyl/N-ethyl adjacent to an activating group) is 1. The molecule has 2 aromatic heterocycles. The number of rotatable bonds is 7. The molecule has 3 rings (SSSR count). The zero-order valence-corrected chi connectivity index (χ0v) is 15.6. The summed E-state index contributed by atoms with van der Waals surface area (Å²) in [6, 6.07) is 15.4. The van der Waals surface area contributed by atoms with Gasteiger partial charge < -0.3 is 9.80 Å². The minimum absolute atomic E-state index is 0.130. The van der Waals surface area contributed by atoms with Gasteiger partial charge in [-0.25, -0.2) is 9.97 Å².